The quantitative estimate of drug-likeness (QED) is 0.429. The molecule has 0 saturated carbocycles. The first-order valence-corrected chi connectivity index (χ1v) is 8.67. The van der Waals surface area contributed by atoms with Crippen LogP contribution in [0.1, 0.15) is 48.4 Å². The van der Waals surface area contributed by atoms with E-state index in [9.17, 15) is 24.0 Å². The molecule has 0 aliphatic carbocycles. The van der Waals surface area contributed by atoms with Crippen LogP contribution in [0.3, 0.4) is 0 Å². The first-order chi connectivity index (χ1) is 13.1. The third-order valence-corrected chi connectivity index (χ3v) is 5.01. The molecule has 2 heterocycles. The minimum absolute atomic E-state index is 0.147. The van der Waals surface area contributed by atoms with Gasteiger partial charge in [-0.2, -0.15) is 0 Å². The topological polar surface area (TPSA) is 107 Å². The number of fused-ring (bicyclic) bond motifs is 1. The van der Waals surface area contributed by atoms with Crippen molar-refractivity contribution < 1.29 is 33.4 Å². The van der Waals surface area contributed by atoms with Crippen LogP contribution in [0.25, 0.3) is 0 Å². The highest BCUT2D eigenvalue weighted by molar-refractivity contribution is 6.23. The number of hydrogen-bond donors (Lipinski definition) is 0. The van der Waals surface area contributed by atoms with E-state index in [2.05, 4.69) is 0 Å². The van der Waals surface area contributed by atoms with E-state index in [-0.39, 0.29) is 16.7 Å². The molecule has 1 aromatic rings. The van der Waals surface area contributed by atoms with Gasteiger partial charge in [0.1, 0.15) is 17.2 Å². The van der Waals surface area contributed by atoms with Crippen LogP contribution in [-0.4, -0.2) is 52.7 Å². The van der Waals surface area contributed by atoms with Crippen molar-refractivity contribution in [1.82, 2.24) is 4.90 Å². The molecule has 3 rings (SSSR count). The number of hydrogen-bond acceptors (Lipinski definition) is 7. The molecule has 1 atom stereocenters. The Morgan fingerprint density at radius 3 is 2.11 bits per heavy atom. The van der Waals surface area contributed by atoms with E-state index in [1.807, 2.05) is 0 Å². The van der Waals surface area contributed by atoms with E-state index in [4.69, 9.17) is 9.47 Å². The molecule has 0 spiro atoms. The highest BCUT2D eigenvalue weighted by Crippen LogP contribution is 2.32. The smallest absolute Gasteiger partial charge is 0.342 e. The molecule has 1 aromatic carbocycles. The minimum Gasteiger partial charge on any atom is -0.456 e. The molecule has 0 N–H and O–H groups in total. The summed E-state index contributed by atoms with van der Waals surface area (Å²) in [6.07, 6.45) is 0. The first-order valence-electron chi connectivity index (χ1n) is 8.67. The lowest BCUT2D eigenvalue weighted by Crippen LogP contribution is -2.44. The third kappa shape index (κ3) is 3.00. The fraction of sp³-hybridized carbons (Fsp3) is 0.350. The Labute approximate surface area is 161 Å². The van der Waals surface area contributed by atoms with E-state index in [1.54, 1.807) is 32.9 Å². The second-order valence-corrected chi connectivity index (χ2v) is 7.13. The minimum atomic E-state index is -1.22. The maximum Gasteiger partial charge on any atom is 0.342 e. The summed E-state index contributed by atoms with van der Waals surface area (Å²) in [4.78, 5) is 62.2. The molecule has 2 amide bonds. The molecular formula is C20H19NO7. The van der Waals surface area contributed by atoms with Crippen molar-refractivity contribution in [1.29, 1.82) is 0 Å². The van der Waals surface area contributed by atoms with Gasteiger partial charge in [-0.15, -0.1) is 0 Å². The molecule has 1 unspecified atom stereocenters. The molecule has 0 fully saturated rings. The van der Waals surface area contributed by atoms with Gasteiger partial charge in [0.15, 0.2) is 6.61 Å². The number of nitrogens with zero attached hydrogens (tertiary/aromatic N) is 1. The van der Waals surface area contributed by atoms with E-state index in [0.29, 0.717) is 5.57 Å². The van der Waals surface area contributed by atoms with Gasteiger partial charge in [-0.1, -0.05) is 12.1 Å². The van der Waals surface area contributed by atoms with Gasteiger partial charge >= 0.3 is 11.9 Å². The number of ketones is 1. The summed E-state index contributed by atoms with van der Waals surface area (Å²) < 4.78 is 10.1. The lowest BCUT2D eigenvalue weighted by molar-refractivity contribution is -0.152. The Morgan fingerprint density at radius 2 is 1.64 bits per heavy atom. The van der Waals surface area contributed by atoms with Gasteiger partial charge in [-0.3, -0.25) is 19.3 Å². The van der Waals surface area contributed by atoms with Gasteiger partial charge in [0.2, 0.25) is 5.78 Å². The average molecular weight is 385 g/mol. The summed E-state index contributed by atoms with van der Waals surface area (Å²) in [5.41, 5.74) is -0.183. The van der Waals surface area contributed by atoms with Crippen molar-refractivity contribution >= 4 is 29.5 Å². The van der Waals surface area contributed by atoms with Crippen molar-refractivity contribution in [3.8, 4) is 0 Å². The molecule has 0 saturated heterocycles. The lowest BCUT2D eigenvalue weighted by atomic mass is 9.96. The molecule has 8 heteroatoms. The second kappa shape index (κ2) is 6.70. The summed E-state index contributed by atoms with van der Waals surface area (Å²) >= 11 is 0. The molecule has 2 aliphatic heterocycles. The zero-order valence-corrected chi connectivity index (χ0v) is 15.9. The van der Waals surface area contributed by atoms with Crippen LogP contribution in [0.15, 0.2) is 35.4 Å². The number of carbonyl (C=O) groups excluding carboxylic acids is 5. The number of ether oxygens (including phenoxy) is 2. The van der Waals surface area contributed by atoms with E-state index < -0.39 is 47.8 Å². The lowest BCUT2D eigenvalue weighted by Gasteiger charge is -2.20. The average Bonchev–Trinajstić information content (AvgIpc) is 3.01. The molecule has 0 aromatic heterocycles. The summed E-state index contributed by atoms with van der Waals surface area (Å²) in [5, 5.41) is 0. The Kier molecular flexibility index (Phi) is 4.66. The molecule has 0 radical (unpaired) electrons. The highest BCUT2D eigenvalue weighted by atomic mass is 16.6. The van der Waals surface area contributed by atoms with Crippen LogP contribution in [0, 0.1) is 0 Å². The fourth-order valence-corrected chi connectivity index (χ4v) is 3.13. The summed E-state index contributed by atoms with van der Waals surface area (Å²) in [5.74, 6) is -3.59. The molecule has 8 nitrogen and oxygen atoms in total. The summed E-state index contributed by atoms with van der Waals surface area (Å²) in [6, 6.07) is 5.02. The number of cyclic esters (lactones) is 1. The van der Waals surface area contributed by atoms with E-state index >= 15 is 0 Å². The van der Waals surface area contributed by atoms with Crippen LogP contribution in [0.2, 0.25) is 0 Å². The molecule has 146 valence electrons. The maximum atomic E-state index is 12.4. The van der Waals surface area contributed by atoms with E-state index in [0.717, 1.165) is 4.90 Å². The summed E-state index contributed by atoms with van der Waals surface area (Å²) in [7, 11) is 0. The largest absolute Gasteiger partial charge is 0.456 e. The van der Waals surface area contributed by atoms with Crippen LogP contribution < -0.4 is 0 Å². The standard InChI is InChI=1S/C20H19NO7/c1-10-15(19(26)28-20(10,3)4)14(22)9-27-18(25)11(2)21-16(23)12-7-5-6-8-13(12)17(21)24/h5-8,11H,9H2,1-4H3. The van der Waals surface area contributed by atoms with E-state index in [1.165, 1.54) is 19.1 Å². The molecule has 0 bridgehead atoms. The third-order valence-electron chi connectivity index (χ3n) is 5.01. The maximum absolute atomic E-state index is 12.4. The van der Waals surface area contributed by atoms with Crippen LogP contribution in [0.4, 0.5) is 0 Å². The van der Waals surface area contributed by atoms with Gasteiger partial charge in [0.05, 0.1) is 11.1 Å². The molecule has 2 aliphatic rings. The number of imide groups is 1. The molecular weight excluding hydrogens is 366 g/mol. The number of amides is 2. The highest BCUT2D eigenvalue weighted by Gasteiger charge is 2.43. The van der Waals surface area contributed by atoms with Crippen molar-refractivity contribution in [2.24, 2.45) is 0 Å². The second-order valence-electron chi connectivity index (χ2n) is 7.13. The SMILES string of the molecule is CC1=C(C(=O)COC(=O)C(C)N2C(=O)c3ccccc3C2=O)C(=O)OC1(C)C. The van der Waals surface area contributed by atoms with Gasteiger partial charge < -0.3 is 9.47 Å². The van der Waals surface area contributed by atoms with Crippen LogP contribution >= 0.6 is 0 Å². The first kappa shape index (κ1) is 19.5. The molecule has 28 heavy (non-hydrogen) atoms. The van der Waals surface area contributed by atoms with Crippen molar-refractivity contribution in [3.05, 3.63) is 46.5 Å². The number of esters is 2. The van der Waals surface area contributed by atoms with Crippen molar-refractivity contribution in [2.45, 2.75) is 39.3 Å². The summed E-state index contributed by atoms with van der Waals surface area (Å²) in [6.45, 7) is 5.55. The number of benzene rings is 1. The van der Waals surface area contributed by atoms with Crippen molar-refractivity contribution in [3.63, 3.8) is 0 Å². The predicted molar refractivity (Wildman–Crippen MR) is 95.2 cm³/mol. The fourth-order valence-electron chi connectivity index (χ4n) is 3.13. The van der Waals surface area contributed by atoms with Gasteiger partial charge in [-0.25, -0.2) is 9.59 Å². The monoisotopic (exact) mass is 385 g/mol. The Hall–Kier alpha value is -3.29. The van der Waals surface area contributed by atoms with Crippen molar-refractivity contribution in [2.75, 3.05) is 6.61 Å². The van der Waals surface area contributed by atoms with Crippen LogP contribution in [-0.2, 0) is 23.9 Å². The zero-order valence-electron chi connectivity index (χ0n) is 15.9. The number of rotatable bonds is 5. The number of carbonyl (C=O) groups is 5. The predicted octanol–water partition coefficient (Wildman–Crippen LogP) is 1.44. The Morgan fingerprint density at radius 1 is 1.11 bits per heavy atom. The van der Waals surface area contributed by atoms with Gasteiger partial charge in [-0.05, 0) is 45.4 Å². The van der Waals surface area contributed by atoms with Gasteiger partial charge in [0, 0.05) is 0 Å². The number of Topliss-reactive ketones (excluding diaryl/α,β-unsaturated/α-hetero) is 1. The zero-order chi connectivity index (χ0) is 20.8. The normalized spacial score (nSPS) is 18.9. The Balaban J connectivity index is 1.69. The van der Waals surface area contributed by atoms with Crippen LogP contribution in [0.5, 0.6) is 0 Å². The Bertz CT molecular complexity index is 922. The van der Waals surface area contributed by atoms with Gasteiger partial charge in [0.25, 0.3) is 11.8 Å².